The van der Waals surface area contributed by atoms with E-state index in [0.717, 1.165) is 24.5 Å². The van der Waals surface area contributed by atoms with E-state index in [1.165, 1.54) is 73.1 Å². The van der Waals surface area contributed by atoms with E-state index < -0.39 is 210 Å². The number of nitrogen functional groups attached to an aromatic ring is 1. The van der Waals surface area contributed by atoms with Crippen LogP contribution in [0.4, 0.5) is 5.69 Å². The van der Waals surface area contributed by atoms with Gasteiger partial charge in [-0.05, 0) is 77.3 Å². The second-order valence-electron chi connectivity index (χ2n) is 26.0. The van der Waals surface area contributed by atoms with Crippen LogP contribution in [0, 0.1) is 31.6 Å². The van der Waals surface area contributed by atoms with Crippen LogP contribution >= 0.6 is 0 Å². The molecule has 5 aliphatic heterocycles. The Balaban J connectivity index is 1.34. The summed E-state index contributed by atoms with van der Waals surface area (Å²) in [6, 6.07) is -11.5. The summed E-state index contributed by atoms with van der Waals surface area (Å²) in [5.41, 5.74) is 2.93. The van der Waals surface area contributed by atoms with Gasteiger partial charge < -0.3 is 85.3 Å². The standard InChI is InChI=1S/C63H87N13O19/c1-25(2)42-58(86)75-29(8)20-35(70-92-17)49(75)60(88)71(13)22-38(79)73(15)32(11)62(90)94-37(24-77)46(57(85)67-42)69-55(83)40-41(64)51(81)31(10)53-47(40)65-45-34(19-18-28(7)52(45)95-53)54(82)68-44-33(12)93-63(91)48(27(5)6)74(16)39(80)23-72(14)61(89)50-36(78)21-30(9)76(50)59(87)43(26(3)4)66-56(44)84/h18-19,25-27,29-30,32-33,36-37,42-44,46,48-50,77-78H,20-24,64H2,1-17H3,(H,66,84)(H,67,85)(H,68,82)(H,69,83)/b70-35-. The van der Waals surface area contributed by atoms with Crippen molar-refractivity contribution in [3.8, 4) is 11.5 Å². The highest BCUT2D eigenvalue weighted by atomic mass is 16.6. The highest BCUT2D eigenvalue weighted by Crippen LogP contribution is 2.36. The van der Waals surface area contributed by atoms with Gasteiger partial charge in [0.25, 0.3) is 17.7 Å². The molecule has 8 N–H and O–H groups in total. The molecule has 0 radical (unpaired) electrons. The number of oxime groups is 1. The average molecular weight is 1330 g/mol. The van der Waals surface area contributed by atoms with Gasteiger partial charge in [0, 0.05) is 52.3 Å². The lowest BCUT2D eigenvalue weighted by molar-refractivity contribution is -0.163. The molecule has 5 heterocycles. The van der Waals surface area contributed by atoms with Gasteiger partial charge in [0.1, 0.15) is 66.7 Å². The number of likely N-dealkylation sites (N-methyl/N-ethyl adjacent to an activating group) is 4. The molecule has 13 atom stereocenters. The Bertz CT molecular complexity index is 3650. The second kappa shape index (κ2) is 29.1. The maximum atomic E-state index is 15.2. The summed E-state index contributed by atoms with van der Waals surface area (Å²) in [5, 5.41) is 36.6. The Hall–Kier alpha value is -9.33. The third-order valence-corrected chi connectivity index (χ3v) is 18.1. The van der Waals surface area contributed by atoms with E-state index >= 15 is 14.4 Å². The highest BCUT2D eigenvalue weighted by Gasteiger charge is 2.52. The first kappa shape index (κ1) is 73.1. The van der Waals surface area contributed by atoms with Gasteiger partial charge in [0.05, 0.1) is 48.3 Å². The van der Waals surface area contributed by atoms with Crippen molar-refractivity contribution in [1.82, 2.24) is 55.7 Å². The van der Waals surface area contributed by atoms with Gasteiger partial charge in [-0.25, -0.2) is 14.6 Å². The molecule has 0 aromatic heterocycles. The number of nitrogens with one attached hydrogen (secondary N) is 4. The normalized spacial score (nSPS) is 28.2. The van der Waals surface area contributed by atoms with Crippen LogP contribution in [0.1, 0.15) is 114 Å². The molecule has 0 spiro atoms. The third-order valence-electron chi connectivity index (χ3n) is 18.1. The van der Waals surface area contributed by atoms with Crippen molar-refractivity contribution in [1.29, 1.82) is 0 Å². The van der Waals surface area contributed by atoms with Crippen LogP contribution in [-0.4, -0.2) is 255 Å². The molecular weight excluding hydrogens is 1240 g/mol. The molecule has 32 nitrogen and oxygen atoms in total. The molecule has 10 amide bonds. The Morgan fingerprint density at radius 1 is 0.737 bits per heavy atom. The molecule has 518 valence electrons. The zero-order valence-electron chi connectivity index (χ0n) is 56.4. The van der Waals surface area contributed by atoms with E-state index in [0.29, 0.717) is 5.56 Å². The number of cyclic esters (lactones) is 2. The molecule has 0 saturated carbocycles. The minimum absolute atomic E-state index is 0.0322. The van der Waals surface area contributed by atoms with Crippen LogP contribution in [0.25, 0.3) is 22.6 Å². The Morgan fingerprint density at radius 3 is 1.86 bits per heavy atom. The number of rotatable bonds is 9. The smallest absolute Gasteiger partial charge is 0.329 e. The third kappa shape index (κ3) is 14.4. The quantitative estimate of drug-likeness (QED) is 0.0550. The van der Waals surface area contributed by atoms with Crippen molar-refractivity contribution in [2.45, 2.75) is 175 Å². The van der Waals surface area contributed by atoms with Gasteiger partial charge in [0.2, 0.25) is 46.8 Å². The monoisotopic (exact) mass is 1330 g/mol. The molecule has 4 fully saturated rings. The summed E-state index contributed by atoms with van der Waals surface area (Å²) in [5.74, 6) is -14.1. The lowest BCUT2D eigenvalue weighted by Crippen LogP contribution is -2.63. The van der Waals surface area contributed by atoms with E-state index in [-0.39, 0.29) is 46.5 Å². The number of carbonyl (C=O) groups excluding carboxylic acids is 12. The number of aliphatic hydroxyl groups is 2. The summed E-state index contributed by atoms with van der Waals surface area (Å²) < 4.78 is 18.0. The fraction of sp³-hybridized carbons (Fsp3) is 0.603. The number of anilines is 1. The minimum Gasteiger partial charge on any atom is -0.458 e. The fourth-order valence-corrected chi connectivity index (χ4v) is 12.4. The van der Waals surface area contributed by atoms with Gasteiger partial charge in [-0.1, -0.05) is 52.8 Å². The number of hydrogen-bond donors (Lipinski definition) is 7. The summed E-state index contributed by atoms with van der Waals surface area (Å²) in [6.45, 7) is 15.9. The number of aromatic nitrogens is 1. The predicted molar refractivity (Wildman–Crippen MR) is 338 cm³/mol. The van der Waals surface area contributed by atoms with Gasteiger partial charge in [-0.15, -0.1) is 0 Å². The lowest BCUT2D eigenvalue weighted by atomic mass is 9.98. The Labute approximate surface area is 548 Å². The van der Waals surface area contributed by atoms with Crippen LogP contribution in [0.5, 0.6) is 0 Å². The number of aryl methyl sites for hydroxylation is 1. The van der Waals surface area contributed by atoms with Crippen LogP contribution in [0.15, 0.2) is 26.5 Å². The summed E-state index contributed by atoms with van der Waals surface area (Å²) in [7, 11) is 6.42. The van der Waals surface area contributed by atoms with Crippen molar-refractivity contribution in [2.24, 2.45) is 22.9 Å². The van der Waals surface area contributed by atoms with Gasteiger partial charge >= 0.3 is 11.9 Å². The van der Waals surface area contributed by atoms with Crippen LogP contribution in [0.2, 0.25) is 0 Å². The topological polar surface area (TPSA) is 422 Å². The number of benzene rings is 2. The molecule has 1 aromatic carbocycles. The Kier molecular flexibility index (Phi) is 22.4. The van der Waals surface area contributed by atoms with E-state index in [4.69, 9.17) is 29.4 Å². The van der Waals surface area contributed by atoms with Crippen molar-refractivity contribution in [3.63, 3.8) is 0 Å². The molecule has 6 aliphatic rings. The highest BCUT2D eigenvalue weighted by molar-refractivity contribution is 6.14. The van der Waals surface area contributed by atoms with Crippen LogP contribution in [0.3, 0.4) is 0 Å². The molecule has 4 saturated heterocycles. The number of carbonyl (C=O) groups is 12. The Morgan fingerprint density at radius 2 is 1.29 bits per heavy atom. The summed E-state index contributed by atoms with van der Waals surface area (Å²) in [4.78, 5) is 205. The number of hydrogen-bond acceptors (Lipinski definition) is 22. The first-order valence-electron chi connectivity index (χ1n) is 31.3. The molecule has 0 bridgehead atoms. The molecule has 32 heteroatoms. The number of nitrogens with two attached hydrogens (primary N) is 1. The molecule has 1 aliphatic carbocycles. The van der Waals surface area contributed by atoms with Crippen molar-refractivity contribution >= 4 is 93.5 Å². The average Bonchev–Trinajstić information content (AvgIpc) is 1.36. The van der Waals surface area contributed by atoms with Gasteiger partial charge in [-0.2, -0.15) is 0 Å². The fourth-order valence-electron chi connectivity index (χ4n) is 12.4. The minimum atomic E-state index is -2.18. The maximum Gasteiger partial charge on any atom is 0.329 e. The first-order chi connectivity index (χ1) is 44.4. The number of esters is 2. The van der Waals surface area contributed by atoms with Crippen molar-refractivity contribution in [2.75, 3.05) is 60.7 Å². The maximum absolute atomic E-state index is 15.2. The number of amides is 10. The summed E-state index contributed by atoms with van der Waals surface area (Å²) >= 11 is 0. The predicted octanol–water partition coefficient (Wildman–Crippen LogP) is -1.58. The number of aliphatic hydroxyl groups excluding tert-OH is 2. The van der Waals surface area contributed by atoms with E-state index in [1.807, 2.05) is 0 Å². The number of fused-ring (bicyclic) bond motifs is 4. The van der Waals surface area contributed by atoms with Crippen LogP contribution < -0.4 is 32.4 Å². The molecule has 1 aromatic rings. The SMILES string of the molecule is CO/N=C1/CC(C)N2C(=O)C(C(C)C)NC(=O)C(NC(=O)c3c4nc5c(C(=O)NC6C(=O)NC(C(C)C)C(=O)N7C(C)CC(O)C7C(=O)N(C)CC(=O)N(C)C(C(C)C)C(=O)OC6C)ccc(C)c5oc-4c(C)c(=O)c3N)C(CO)OC(=O)C(C)N(C)C(=O)CN(C)C(=O)C12. The molecule has 13 unspecified atom stereocenters. The van der Waals surface area contributed by atoms with E-state index in [1.54, 1.807) is 62.3 Å². The summed E-state index contributed by atoms with van der Waals surface area (Å²) in [6.07, 6.45) is -4.99. The van der Waals surface area contributed by atoms with E-state index in [2.05, 4.69) is 26.4 Å². The zero-order valence-corrected chi connectivity index (χ0v) is 56.4. The van der Waals surface area contributed by atoms with Crippen molar-refractivity contribution in [3.05, 3.63) is 44.6 Å². The van der Waals surface area contributed by atoms with Gasteiger partial charge in [-0.3, -0.25) is 52.7 Å². The van der Waals surface area contributed by atoms with E-state index in [9.17, 15) is 58.2 Å². The zero-order chi connectivity index (χ0) is 71.0. The number of ether oxygens (including phenoxy) is 2. The number of nitrogens with zero attached hydrogens (tertiary/aromatic N) is 8. The molecule has 7 rings (SSSR count). The van der Waals surface area contributed by atoms with Crippen LogP contribution in [-0.2, 0) is 62.3 Å². The van der Waals surface area contributed by atoms with Gasteiger partial charge in [0.15, 0.2) is 23.5 Å². The largest absolute Gasteiger partial charge is 0.458 e. The molecule has 95 heavy (non-hydrogen) atoms. The first-order valence-corrected chi connectivity index (χ1v) is 31.3. The second-order valence-corrected chi connectivity index (χ2v) is 26.0. The van der Waals surface area contributed by atoms with Crippen molar-refractivity contribution < 1.29 is 86.5 Å². The molecular formula is C63H87N13O19. The lowest BCUT2D eigenvalue weighted by Gasteiger charge is -2.37.